The topological polar surface area (TPSA) is 71.1 Å². The number of likely N-dealkylation sites (tertiary alicyclic amines) is 1. The number of nitrogens with zero attached hydrogens (tertiary/aromatic N) is 3. The van der Waals surface area contributed by atoms with Gasteiger partial charge in [-0.3, -0.25) is 14.9 Å². The van der Waals surface area contributed by atoms with Gasteiger partial charge in [-0.1, -0.05) is 6.07 Å². The standard InChI is InChI=1S/C20H26N4O2/c1-13-10-17-18(14(2)26-13)22-23-19(17)20(25)24-8-5-15(6-9-24)11-16-4-3-7-21-12-16/h3-4,7,12-15H,5-6,8-11H2,1-2H3,(H,22,23)/t13-,14+/m1/s1. The van der Waals surface area contributed by atoms with Crippen LogP contribution >= 0.6 is 0 Å². The molecule has 0 saturated carbocycles. The second kappa shape index (κ2) is 7.19. The lowest BCUT2D eigenvalue weighted by Crippen LogP contribution is -2.39. The quantitative estimate of drug-likeness (QED) is 0.920. The lowest BCUT2D eigenvalue weighted by atomic mass is 9.90. The summed E-state index contributed by atoms with van der Waals surface area (Å²) in [7, 11) is 0. The summed E-state index contributed by atoms with van der Waals surface area (Å²) in [5, 5.41) is 7.37. The number of H-pyrrole nitrogens is 1. The number of pyridine rings is 1. The first-order valence-electron chi connectivity index (χ1n) is 9.52. The summed E-state index contributed by atoms with van der Waals surface area (Å²) >= 11 is 0. The van der Waals surface area contributed by atoms with Crippen molar-refractivity contribution in [3.8, 4) is 0 Å². The van der Waals surface area contributed by atoms with E-state index in [0.717, 1.165) is 50.0 Å². The number of carbonyl (C=O) groups is 1. The Kier molecular flexibility index (Phi) is 4.76. The first kappa shape index (κ1) is 17.2. The molecule has 4 rings (SSSR count). The highest BCUT2D eigenvalue weighted by Crippen LogP contribution is 2.31. The number of fused-ring (bicyclic) bond motifs is 1. The first-order chi connectivity index (χ1) is 12.6. The van der Waals surface area contributed by atoms with Crippen LogP contribution in [0.1, 0.15) is 60.1 Å². The van der Waals surface area contributed by atoms with Crippen molar-refractivity contribution in [1.29, 1.82) is 0 Å². The minimum atomic E-state index is -0.0342. The van der Waals surface area contributed by atoms with Gasteiger partial charge in [-0.2, -0.15) is 5.10 Å². The molecule has 0 spiro atoms. The number of rotatable bonds is 3. The number of amides is 1. The maximum absolute atomic E-state index is 13.0. The Morgan fingerprint density at radius 1 is 1.35 bits per heavy atom. The van der Waals surface area contributed by atoms with E-state index in [9.17, 15) is 4.79 Å². The molecule has 2 aliphatic rings. The molecule has 1 N–H and O–H groups in total. The monoisotopic (exact) mass is 354 g/mol. The van der Waals surface area contributed by atoms with Crippen molar-refractivity contribution in [3.63, 3.8) is 0 Å². The van der Waals surface area contributed by atoms with Gasteiger partial charge in [0.15, 0.2) is 5.69 Å². The van der Waals surface area contributed by atoms with Crippen LogP contribution in [-0.4, -0.2) is 45.2 Å². The third-order valence-corrected chi connectivity index (χ3v) is 5.59. The van der Waals surface area contributed by atoms with E-state index in [0.29, 0.717) is 11.6 Å². The van der Waals surface area contributed by atoms with Crippen molar-refractivity contribution in [2.75, 3.05) is 13.1 Å². The molecule has 2 aliphatic heterocycles. The van der Waals surface area contributed by atoms with Gasteiger partial charge in [-0.05, 0) is 50.7 Å². The number of hydrogen-bond donors (Lipinski definition) is 1. The first-order valence-corrected chi connectivity index (χ1v) is 9.52. The van der Waals surface area contributed by atoms with Crippen LogP contribution in [0.15, 0.2) is 24.5 Å². The molecule has 0 unspecified atom stereocenters. The molecule has 0 aliphatic carbocycles. The normalized spacial score (nSPS) is 23.7. The number of ether oxygens (including phenoxy) is 1. The summed E-state index contributed by atoms with van der Waals surface area (Å²) in [6.45, 7) is 5.65. The van der Waals surface area contributed by atoms with Crippen molar-refractivity contribution in [3.05, 3.63) is 47.0 Å². The lowest BCUT2D eigenvalue weighted by molar-refractivity contribution is -0.00703. The molecular formula is C20H26N4O2. The maximum Gasteiger partial charge on any atom is 0.274 e. The van der Waals surface area contributed by atoms with E-state index in [1.807, 2.05) is 37.2 Å². The summed E-state index contributed by atoms with van der Waals surface area (Å²) < 4.78 is 5.82. The van der Waals surface area contributed by atoms with E-state index in [-0.39, 0.29) is 18.1 Å². The van der Waals surface area contributed by atoms with Gasteiger partial charge in [-0.15, -0.1) is 0 Å². The minimum Gasteiger partial charge on any atom is -0.369 e. The fourth-order valence-corrected chi connectivity index (χ4v) is 4.19. The van der Waals surface area contributed by atoms with Crippen LogP contribution in [0, 0.1) is 5.92 Å². The smallest absolute Gasteiger partial charge is 0.274 e. The van der Waals surface area contributed by atoms with Crippen molar-refractivity contribution < 1.29 is 9.53 Å². The molecule has 6 heteroatoms. The summed E-state index contributed by atoms with van der Waals surface area (Å²) in [6.07, 6.45) is 7.68. The van der Waals surface area contributed by atoms with E-state index in [1.54, 1.807) is 0 Å². The van der Waals surface area contributed by atoms with Gasteiger partial charge in [0.2, 0.25) is 0 Å². The summed E-state index contributed by atoms with van der Waals surface area (Å²) in [4.78, 5) is 19.2. The molecule has 26 heavy (non-hydrogen) atoms. The summed E-state index contributed by atoms with van der Waals surface area (Å²) in [6, 6.07) is 4.12. The molecule has 2 aromatic rings. The van der Waals surface area contributed by atoms with Crippen LogP contribution in [0.3, 0.4) is 0 Å². The van der Waals surface area contributed by atoms with Crippen molar-refractivity contribution >= 4 is 5.91 Å². The molecule has 0 aromatic carbocycles. The van der Waals surface area contributed by atoms with Gasteiger partial charge < -0.3 is 9.64 Å². The predicted octanol–water partition coefficient (Wildman–Crippen LogP) is 2.92. The minimum absolute atomic E-state index is 0.0342. The average molecular weight is 354 g/mol. The van der Waals surface area contributed by atoms with Crippen LogP contribution in [-0.2, 0) is 17.6 Å². The van der Waals surface area contributed by atoms with Crippen LogP contribution < -0.4 is 0 Å². The Balaban J connectivity index is 1.40. The van der Waals surface area contributed by atoms with E-state index in [2.05, 4.69) is 21.2 Å². The van der Waals surface area contributed by atoms with E-state index >= 15 is 0 Å². The third kappa shape index (κ3) is 3.38. The molecule has 0 bridgehead atoms. The number of carbonyl (C=O) groups excluding carboxylic acids is 1. The highest BCUT2D eigenvalue weighted by molar-refractivity contribution is 5.94. The lowest BCUT2D eigenvalue weighted by Gasteiger charge is -2.32. The second-order valence-electron chi connectivity index (χ2n) is 7.56. The third-order valence-electron chi connectivity index (χ3n) is 5.59. The molecule has 138 valence electrons. The molecule has 6 nitrogen and oxygen atoms in total. The van der Waals surface area contributed by atoms with Gasteiger partial charge >= 0.3 is 0 Å². The van der Waals surface area contributed by atoms with E-state index < -0.39 is 0 Å². The van der Waals surface area contributed by atoms with Crippen LogP contribution in [0.2, 0.25) is 0 Å². The molecule has 2 atom stereocenters. The SMILES string of the molecule is C[C@@H]1Cc2c(C(=O)N3CCC(Cc4cccnc4)CC3)n[nH]c2[C@H](C)O1. The fraction of sp³-hybridized carbons (Fsp3) is 0.550. The number of hydrogen-bond acceptors (Lipinski definition) is 4. The van der Waals surface area contributed by atoms with Gasteiger partial charge in [0.1, 0.15) is 0 Å². The Morgan fingerprint density at radius 2 is 2.15 bits per heavy atom. The molecule has 1 amide bonds. The number of aromatic nitrogens is 3. The zero-order valence-corrected chi connectivity index (χ0v) is 15.4. The average Bonchev–Trinajstić information content (AvgIpc) is 3.07. The zero-order chi connectivity index (χ0) is 18.1. The highest BCUT2D eigenvalue weighted by Gasteiger charge is 2.32. The van der Waals surface area contributed by atoms with Crippen LogP contribution in [0.4, 0.5) is 0 Å². The number of aromatic amines is 1. The van der Waals surface area contributed by atoms with Crippen molar-refractivity contribution in [2.24, 2.45) is 5.92 Å². The number of piperidine rings is 1. The van der Waals surface area contributed by atoms with Crippen LogP contribution in [0.25, 0.3) is 0 Å². The Hall–Kier alpha value is -2.21. The zero-order valence-electron chi connectivity index (χ0n) is 15.4. The largest absolute Gasteiger partial charge is 0.369 e. The summed E-state index contributed by atoms with van der Waals surface area (Å²) in [5.41, 5.74) is 3.87. The second-order valence-corrected chi connectivity index (χ2v) is 7.56. The van der Waals surface area contributed by atoms with Gasteiger partial charge in [0, 0.05) is 37.5 Å². The Morgan fingerprint density at radius 3 is 2.88 bits per heavy atom. The molecule has 1 saturated heterocycles. The molecule has 4 heterocycles. The van der Waals surface area contributed by atoms with E-state index in [1.165, 1.54) is 5.56 Å². The van der Waals surface area contributed by atoms with Gasteiger partial charge in [0.25, 0.3) is 5.91 Å². The van der Waals surface area contributed by atoms with Crippen molar-refractivity contribution in [1.82, 2.24) is 20.1 Å². The van der Waals surface area contributed by atoms with Gasteiger partial charge in [-0.25, -0.2) is 0 Å². The predicted molar refractivity (Wildman–Crippen MR) is 97.8 cm³/mol. The number of nitrogens with one attached hydrogen (secondary N) is 1. The Bertz CT molecular complexity index is 765. The molecular weight excluding hydrogens is 328 g/mol. The van der Waals surface area contributed by atoms with E-state index in [4.69, 9.17) is 4.74 Å². The highest BCUT2D eigenvalue weighted by atomic mass is 16.5. The van der Waals surface area contributed by atoms with Gasteiger partial charge in [0.05, 0.1) is 17.9 Å². The van der Waals surface area contributed by atoms with Crippen molar-refractivity contribution in [2.45, 2.75) is 51.7 Å². The maximum atomic E-state index is 13.0. The fourth-order valence-electron chi connectivity index (χ4n) is 4.19. The summed E-state index contributed by atoms with van der Waals surface area (Å²) in [5.74, 6) is 0.674. The Labute approximate surface area is 154 Å². The van der Waals surface area contributed by atoms with Crippen LogP contribution in [0.5, 0.6) is 0 Å². The molecule has 2 aromatic heterocycles. The molecule has 1 fully saturated rings. The molecule has 0 radical (unpaired) electrons.